The van der Waals surface area contributed by atoms with Crippen LogP contribution in [0.15, 0.2) is 24.3 Å². The third kappa shape index (κ3) is 5.13. The third-order valence-electron chi connectivity index (χ3n) is 3.80. The minimum Gasteiger partial charge on any atom is -0.481 e. The van der Waals surface area contributed by atoms with Crippen molar-refractivity contribution < 1.29 is 14.7 Å². The number of benzene rings is 1. The molecule has 4 heteroatoms. The molecule has 0 unspecified atom stereocenters. The molecule has 2 N–H and O–H groups in total. The molecule has 0 heterocycles. The summed E-state index contributed by atoms with van der Waals surface area (Å²) in [6.07, 6.45) is 4.55. The number of hydrogen-bond donors (Lipinski definition) is 2. The van der Waals surface area contributed by atoms with E-state index in [2.05, 4.69) is 5.32 Å². The normalized spacial score (nSPS) is 21.5. The van der Waals surface area contributed by atoms with E-state index in [0.29, 0.717) is 6.04 Å². The Kier molecular flexibility index (Phi) is 6.94. The van der Waals surface area contributed by atoms with Crippen LogP contribution >= 0.6 is 0 Å². The van der Waals surface area contributed by atoms with Gasteiger partial charge in [0, 0.05) is 11.6 Å². The van der Waals surface area contributed by atoms with Crippen LogP contribution in [-0.4, -0.2) is 30.5 Å². The molecule has 0 spiro atoms. The molecule has 0 bridgehead atoms. The highest BCUT2D eigenvalue weighted by Gasteiger charge is 2.24. The molecule has 4 nitrogen and oxygen atoms in total. The van der Waals surface area contributed by atoms with Crippen molar-refractivity contribution in [1.82, 2.24) is 5.32 Å². The van der Waals surface area contributed by atoms with E-state index < -0.39 is 5.97 Å². The maximum Gasteiger partial charge on any atom is 0.306 e. The minimum absolute atomic E-state index is 0.0837. The number of aldehydes is 1. The largest absolute Gasteiger partial charge is 0.481 e. The molecule has 1 saturated carbocycles. The Bertz CT molecular complexity index is 437. The molecule has 1 aliphatic carbocycles. The molecule has 1 aromatic rings. The summed E-state index contributed by atoms with van der Waals surface area (Å²) in [5.74, 6) is -0.709. The predicted octanol–water partition coefficient (Wildman–Crippen LogP) is 2.66. The Labute approximate surface area is 120 Å². The number of carbonyl (C=O) groups is 2. The van der Waals surface area contributed by atoms with E-state index in [1.165, 1.54) is 0 Å². The van der Waals surface area contributed by atoms with Crippen molar-refractivity contribution in [1.29, 1.82) is 0 Å². The zero-order chi connectivity index (χ0) is 15.0. The van der Waals surface area contributed by atoms with Gasteiger partial charge in [-0.15, -0.1) is 0 Å². The van der Waals surface area contributed by atoms with Gasteiger partial charge in [0.2, 0.25) is 0 Å². The van der Waals surface area contributed by atoms with Gasteiger partial charge in [0.15, 0.2) is 0 Å². The van der Waals surface area contributed by atoms with Crippen LogP contribution in [-0.2, 0) is 4.79 Å². The second-order valence-electron chi connectivity index (χ2n) is 5.15. The standard InChI is InChI=1S/C8H15NO2.C8H8O/c1-9-7-4-2-6(3-5-7)8(10)11;1-7-4-2-3-5-8(7)6-9/h6-7,9H,2-5H2,1H3,(H,10,11);2-6H,1H3. The smallest absolute Gasteiger partial charge is 0.306 e. The molecular formula is C16H23NO3. The van der Waals surface area contributed by atoms with E-state index in [9.17, 15) is 9.59 Å². The fourth-order valence-corrected chi connectivity index (χ4v) is 2.35. The molecule has 0 radical (unpaired) electrons. The van der Waals surface area contributed by atoms with Gasteiger partial charge in [0.1, 0.15) is 6.29 Å². The van der Waals surface area contributed by atoms with E-state index in [1.54, 1.807) is 0 Å². The van der Waals surface area contributed by atoms with Crippen LogP contribution in [0.2, 0.25) is 0 Å². The van der Waals surface area contributed by atoms with Gasteiger partial charge < -0.3 is 10.4 Å². The van der Waals surface area contributed by atoms with E-state index in [4.69, 9.17) is 5.11 Å². The van der Waals surface area contributed by atoms with Crippen molar-refractivity contribution in [3.8, 4) is 0 Å². The fourth-order valence-electron chi connectivity index (χ4n) is 2.35. The van der Waals surface area contributed by atoms with Crippen LogP contribution in [0, 0.1) is 12.8 Å². The molecule has 0 saturated heterocycles. The monoisotopic (exact) mass is 277 g/mol. The zero-order valence-corrected chi connectivity index (χ0v) is 12.1. The van der Waals surface area contributed by atoms with Gasteiger partial charge in [0.05, 0.1) is 5.92 Å². The molecule has 1 aliphatic rings. The van der Waals surface area contributed by atoms with Gasteiger partial charge in [0.25, 0.3) is 0 Å². The Morgan fingerprint density at radius 2 is 1.85 bits per heavy atom. The number of hydrogen-bond acceptors (Lipinski definition) is 3. The summed E-state index contributed by atoms with van der Waals surface area (Å²) in [7, 11) is 1.94. The highest BCUT2D eigenvalue weighted by atomic mass is 16.4. The first kappa shape index (κ1) is 16.4. The lowest BCUT2D eigenvalue weighted by molar-refractivity contribution is -0.142. The van der Waals surface area contributed by atoms with Crippen molar-refractivity contribution in [3.63, 3.8) is 0 Å². The number of carboxylic acid groups (broad SMARTS) is 1. The average Bonchev–Trinajstić information content (AvgIpc) is 2.48. The van der Waals surface area contributed by atoms with Crippen LogP contribution in [0.4, 0.5) is 0 Å². The maximum absolute atomic E-state index is 10.5. The lowest BCUT2D eigenvalue weighted by Gasteiger charge is -2.25. The van der Waals surface area contributed by atoms with Crippen LogP contribution in [0.3, 0.4) is 0 Å². The Morgan fingerprint density at radius 3 is 2.25 bits per heavy atom. The molecule has 20 heavy (non-hydrogen) atoms. The Balaban J connectivity index is 0.000000204. The van der Waals surface area contributed by atoms with Gasteiger partial charge in [-0.3, -0.25) is 9.59 Å². The highest BCUT2D eigenvalue weighted by molar-refractivity contribution is 5.76. The highest BCUT2D eigenvalue weighted by Crippen LogP contribution is 2.23. The Hall–Kier alpha value is -1.68. The molecule has 1 fully saturated rings. The molecule has 1 aromatic carbocycles. The molecular weight excluding hydrogens is 254 g/mol. The first-order valence-corrected chi connectivity index (χ1v) is 6.99. The van der Waals surface area contributed by atoms with E-state index in [0.717, 1.165) is 43.1 Å². The average molecular weight is 277 g/mol. The third-order valence-corrected chi connectivity index (χ3v) is 3.80. The summed E-state index contributed by atoms with van der Waals surface area (Å²) < 4.78 is 0. The van der Waals surface area contributed by atoms with E-state index in [1.807, 2.05) is 38.2 Å². The van der Waals surface area contributed by atoms with Crippen LogP contribution in [0.5, 0.6) is 0 Å². The second-order valence-corrected chi connectivity index (χ2v) is 5.15. The first-order valence-electron chi connectivity index (χ1n) is 6.99. The van der Waals surface area contributed by atoms with Gasteiger partial charge in [-0.2, -0.15) is 0 Å². The number of rotatable bonds is 3. The van der Waals surface area contributed by atoms with Crippen LogP contribution in [0.25, 0.3) is 0 Å². The topological polar surface area (TPSA) is 66.4 Å². The summed E-state index contributed by atoms with van der Waals surface area (Å²) in [6, 6.07) is 8.05. The zero-order valence-electron chi connectivity index (χ0n) is 12.1. The summed E-state index contributed by atoms with van der Waals surface area (Å²) in [5, 5.41) is 11.8. The van der Waals surface area contributed by atoms with Crippen molar-refractivity contribution in [2.45, 2.75) is 38.6 Å². The molecule has 0 atom stereocenters. The molecule has 0 aromatic heterocycles. The quantitative estimate of drug-likeness (QED) is 0.834. The summed E-state index contributed by atoms with van der Waals surface area (Å²) in [6.45, 7) is 1.92. The van der Waals surface area contributed by atoms with Crippen molar-refractivity contribution in [3.05, 3.63) is 35.4 Å². The predicted molar refractivity (Wildman–Crippen MR) is 79.0 cm³/mol. The number of carbonyl (C=O) groups excluding carboxylic acids is 1. The van der Waals surface area contributed by atoms with Gasteiger partial charge in [-0.25, -0.2) is 0 Å². The van der Waals surface area contributed by atoms with Gasteiger partial charge >= 0.3 is 5.97 Å². The lowest BCUT2D eigenvalue weighted by atomic mass is 9.86. The molecule has 110 valence electrons. The fraction of sp³-hybridized carbons (Fsp3) is 0.500. The lowest BCUT2D eigenvalue weighted by Crippen LogP contribution is -2.32. The Morgan fingerprint density at radius 1 is 1.25 bits per heavy atom. The van der Waals surface area contributed by atoms with Crippen molar-refractivity contribution in [2.24, 2.45) is 5.92 Å². The first-order chi connectivity index (χ1) is 9.58. The second kappa shape index (κ2) is 8.48. The van der Waals surface area contributed by atoms with Crippen molar-refractivity contribution >= 4 is 12.3 Å². The summed E-state index contributed by atoms with van der Waals surface area (Å²) >= 11 is 0. The molecule has 0 aliphatic heterocycles. The number of aryl methyl sites for hydroxylation is 1. The van der Waals surface area contributed by atoms with Crippen molar-refractivity contribution in [2.75, 3.05) is 7.05 Å². The van der Waals surface area contributed by atoms with Gasteiger partial charge in [-0.05, 0) is 45.2 Å². The van der Waals surface area contributed by atoms with E-state index in [-0.39, 0.29) is 5.92 Å². The molecule has 2 rings (SSSR count). The van der Waals surface area contributed by atoms with Crippen LogP contribution < -0.4 is 5.32 Å². The maximum atomic E-state index is 10.5. The molecule has 0 amide bonds. The SMILES string of the molecule is CNC1CCC(C(=O)O)CC1.Cc1ccccc1C=O. The number of aliphatic carboxylic acids is 1. The van der Waals surface area contributed by atoms with Crippen LogP contribution in [0.1, 0.15) is 41.6 Å². The summed E-state index contributed by atoms with van der Waals surface area (Å²) in [4.78, 5) is 20.8. The number of nitrogens with one attached hydrogen (secondary N) is 1. The van der Waals surface area contributed by atoms with E-state index >= 15 is 0 Å². The number of carboxylic acids is 1. The van der Waals surface area contributed by atoms with Gasteiger partial charge in [-0.1, -0.05) is 24.3 Å². The minimum atomic E-state index is -0.625. The summed E-state index contributed by atoms with van der Waals surface area (Å²) in [5.41, 5.74) is 1.81.